The van der Waals surface area contributed by atoms with Crippen LogP contribution in [0.5, 0.6) is 0 Å². The minimum absolute atomic E-state index is 0.0583. The van der Waals surface area contributed by atoms with E-state index in [-0.39, 0.29) is 13.2 Å². The summed E-state index contributed by atoms with van der Waals surface area (Å²) in [5.74, 6) is -2.07. The van der Waals surface area contributed by atoms with Gasteiger partial charge in [0.15, 0.2) is 11.6 Å². The molecule has 2 saturated heterocycles. The largest absolute Gasteiger partial charge is 0.426 e. The Morgan fingerprint density at radius 3 is 2.17 bits per heavy atom. The zero-order valence-electron chi connectivity index (χ0n) is 12.9. The molecule has 0 bridgehead atoms. The van der Waals surface area contributed by atoms with Gasteiger partial charge in [-0.15, -0.1) is 0 Å². The first kappa shape index (κ1) is 20.3. The van der Waals surface area contributed by atoms with Gasteiger partial charge in [-0.05, 0) is 0 Å². The van der Waals surface area contributed by atoms with E-state index in [0.29, 0.717) is 13.0 Å². The van der Waals surface area contributed by atoms with Gasteiger partial charge in [0.2, 0.25) is 5.60 Å². The van der Waals surface area contributed by atoms with E-state index < -0.39 is 42.5 Å². The van der Waals surface area contributed by atoms with Crippen LogP contribution in [-0.4, -0.2) is 80.3 Å². The molecule has 0 aliphatic carbocycles. The average molecular weight is 346 g/mol. The molecule has 2 atom stereocenters. The number of carbonyl (C=O) groups excluding carboxylic acids is 1. The molecule has 2 rings (SSSR count). The lowest BCUT2D eigenvalue weighted by Crippen LogP contribution is -2.58. The summed E-state index contributed by atoms with van der Waals surface area (Å²) in [5.41, 5.74) is -3.29. The molecule has 136 valence electrons. The van der Waals surface area contributed by atoms with Crippen LogP contribution in [0.1, 0.15) is 12.8 Å². The first-order chi connectivity index (χ1) is 10.6. The normalized spacial score (nSPS) is 31.3. The maximum atomic E-state index is 12.0. The number of hydrogen-bond donors (Lipinski definition) is 2. The van der Waals surface area contributed by atoms with Crippen LogP contribution in [0.15, 0.2) is 0 Å². The highest BCUT2D eigenvalue weighted by molar-refractivity contribution is 5.88. The van der Waals surface area contributed by atoms with Crippen LogP contribution in [0.4, 0.5) is 13.2 Å². The van der Waals surface area contributed by atoms with Gasteiger partial charge < -0.3 is 29.2 Å². The van der Waals surface area contributed by atoms with Crippen LogP contribution in [0.25, 0.3) is 0 Å². The molecular formula is C13H21F3O7. The zero-order valence-corrected chi connectivity index (χ0v) is 12.9. The lowest BCUT2D eigenvalue weighted by atomic mass is 9.95. The number of ketones is 1. The molecule has 2 fully saturated rings. The quantitative estimate of drug-likeness (QED) is 0.681. The fraction of sp³-hybridized carbons (Fsp3) is 0.923. The highest BCUT2D eigenvalue weighted by Gasteiger charge is 2.60. The first-order valence-corrected chi connectivity index (χ1v) is 6.89. The molecule has 0 aromatic carbocycles. The second kappa shape index (κ2) is 7.86. The number of rotatable bonds is 2. The Morgan fingerprint density at radius 1 is 1.22 bits per heavy atom. The van der Waals surface area contributed by atoms with Crippen molar-refractivity contribution in [2.24, 2.45) is 0 Å². The Bertz CT molecular complexity index is 398. The SMILES string of the molecule is COC1(OC)CCOCC1O.O=C1CCOCC1(O)C(F)(F)F. The van der Waals surface area contributed by atoms with Crippen LogP contribution in [0.2, 0.25) is 0 Å². The summed E-state index contributed by atoms with van der Waals surface area (Å²) in [6, 6.07) is 0. The number of alkyl halides is 3. The standard InChI is InChI=1S/C7H14O4.C6H7F3O3/c1-9-7(10-2)3-4-11-5-6(7)8;7-6(8,9)5(11)3-12-2-1-4(5)10/h6,8H,3-5H2,1-2H3;11H,1-3H2. The molecule has 23 heavy (non-hydrogen) atoms. The van der Waals surface area contributed by atoms with Crippen molar-refractivity contribution in [3.8, 4) is 0 Å². The minimum Gasteiger partial charge on any atom is -0.385 e. The Morgan fingerprint density at radius 2 is 1.83 bits per heavy atom. The zero-order chi connectivity index (χ0) is 17.7. The number of ether oxygens (including phenoxy) is 4. The van der Waals surface area contributed by atoms with Crippen molar-refractivity contribution in [3.05, 3.63) is 0 Å². The van der Waals surface area contributed by atoms with E-state index in [1.54, 1.807) is 0 Å². The van der Waals surface area contributed by atoms with Crippen LogP contribution in [0, 0.1) is 0 Å². The fourth-order valence-electron chi connectivity index (χ4n) is 2.17. The molecule has 2 heterocycles. The van der Waals surface area contributed by atoms with Crippen LogP contribution in [0.3, 0.4) is 0 Å². The van der Waals surface area contributed by atoms with E-state index in [1.807, 2.05) is 0 Å². The number of Topliss-reactive ketones (excluding diaryl/α,β-unsaturated/α-hetero) is 1. The lowest BCUT2D eigenvalue weighted by Gasteiger charge is -2.38. The van der Waals surface area contributed by atoms with E-state index in [2.05, 4.69) is 4.74 Å². The molecule has 0 aromatic heterocycles. The number of aliphatic hydroxyl groups is 2. The van der Waals surface area contributed by atoms with Crippen molar-refractivity contribution in [2.75, 3.05) is 40.6 Å². The molecule has 0 radical (unpaired) electrons. The summed E-state index contributed by atoms with van der Waals surface area (Å²) in [6.07, 6.45) is -5.45. The van der Waals surface area contributed by atoms with Crippen LogP contribution in [-0.2, 0) is 23.7 Å². The molecule has 10 heteroatoms. The topological polar surface area (TPSA) is 94.5 Å². The second-order valence-electron chi connectivity index (χ2n) is 5.14. The Kier molecular flexibility index (Phi) is 6.93. The lowest BCUT2D eigenvalue weighted by molar-refractivity contribution is -0.292. The highest BCUT2D eigenvalue weighted by atomic mass is 19.4. The summed E-state index contributed by atoms with van der Waals surface area (Å²) in [5, 5.41) is 18.3. The van der Waals surface area contributed by atoms with Gasteiger partial charge in [-0.3, -0.25) is 4.79 Å². The van der Waals surface area contributed by atoms with Crippen molar-refractivity contribution in [3.63, 3.8) is 0 Å². The first-order valence-electron chi connectivity index (χ1n) is 6.89. The van der Waals surface area contributed by atoms with Crippen LogP contribution >= 0.6 is 0 Å². The van der Waals surface area contributed by atoms with Gasteiger partial charge in [-0.2, -0.15) is 13.2 Å². The summed E-state index contributed by atoms with van der Waals surface area (Å²) in [7, 11) is 3.05. The number of hydrogen-bond acceptors (Lipinski definition) is 7. The molecule has 2 unspecified atom stereocenters. The fourth-order valence-corrected chi connectivity index (χ4v) is 2.17. The second-order valence-corrected chi connectivity index (χ2v) is 5.14. The van der Waals surface area contributed by atoms with E-state index >= 15 is 0 Å². The van der Waals surface area contributed by atoms with Gasteiger partial charge in [0.25, 0.3) is 0 Å². The van der Waals surface area contributed by atoms with Gasteiger partial charge in [0.05, 0.1) is 26.4 Å². The summed E-state index contributed by atoms with van der Waals surface area (Å²) >= 11 is 0. The molecule has 0 aromatic rings. The summed E-state index contributed by atoms with van der Waals surface area (Å²) in [6.45, 7) is -0.201. The molecule has 0 amide bonds. The smallest absolute Gasteiger partial charge is 0.385 e. The van der Waals surface area contributed by atoms with Gasteiger partial charge in [-0.1, -0.05) is 0 Å². The molecule has 0 saturated carbocycles. The summed E-state index contributed by atoms with van der Waals surface area (Å²) < 4.78 is 55.7. The monoisotopic (exact) mass is 346 g/mol. The Hall–Kier alpha value is -0.780. The molecule has 0 spiro atoms. The van der Waals surface area contributed by atoms with Gasteiger partial charge in [0, 0.05) is 27.1 Å². The minimum atomic E-state index is -4.94. The van der Waals surface area contributed by atoms with E-state index in [1.165, 1.54) is 14.2 Å². The third-order valence-corrected chi connectivity index (χ3v) is 3.78. The summed E-state index contributed by atoms with van der Waals surface area (Å²) in [4.78, 5) is 10.7. The van der Waals surface area contributed by atoms with E-state index in [4.69, 9.17) is 19.3 Å². The van der Waals surface area contributed by atoms with Gasteiger partial charge in [0.1, 0.15) is 6.10 Å². The van der Waals surface area contributed by atoms with Crippen molar-refractivity contribution < 1.29 is 47.1 Å². The third-order valence-electron chi connectivity index (χ3n) is 3.78. The maximum Gasteiger partial charge on any atom is 0.426 e. The van der Waals surface area contributed by atoms with Gasteiger partial charge >= 0.3 is 6.18 Å². The van der Waals surface area contributed by atoms with Crippen molar-refractivity contribution in [2.45, 2.75) is 36.5 Å². The predicted octanol–water partition coefficient (Wildman–Crippen LogP) is 0.0259. The highest BCUT2D eigenvalue weighted by Crippen LogP contribution is 2.34. The predicted molar refractivity (Wildman–Crippen MR) is 69.6 cm³/mol. The van der Waals surface area contributed by atoms with Crippen molar-refractivity contribution in [1.29, 1.82) is 0 Å². The molecule has 2 aliphatic heterocycles. The number of aliphatic hydroxyl groups excluding tert-OH is 1. The van der Waals surface area contributed by atoms with Crippen molar-refractivity contribution >= 4 is 5.78 Å². The van der Waals surface area contributed by atoms with Crippen LogP contribution < -0.4 is 0 Å². The van der Waals surface area contributed by atoms with E-state index in [9.17, 15) is 23.1 Å². The van der Waals surface area contributed by atoms with E-state index in [0.717, 1.165) is 0 Å². The Labute approximate surface area is 131 Å². The average Bonchev–Trinajstić information content (AvgIpc) is 2.51. The molecule has 2 N–H and O–H groups in total. The third kappa shape index (κ3) is 4.40. The maximum absolute atomic E-state index is 12.0. The molecular weight excluding hydrogens is 325 g/mol. The number of carbonyl (C=O) groups is 1. The Balaban J connectivity index is 0.000000231. The molecule has 7 nitrogen and oxygen atoms in total. The van der Waals surface area contributed by atoms with Crippen molar-refractivity contribution in [1.82, 2.24) is 0 Å². The molecule has 2 aliphatic rings. The number of halogens is 3. The number of methoxy groups -OCH3 is 2. The van der Waals surface area contributed by atoms with Gasteiger partial charge in [-0.25, -0.2) is 0 Å².